The lowest BCUT2D eigenvalue weighted by atomic mass is 10.3. The molecular formula is C18H23N5O5S2. The third-order valence-corrected chi connectivity index (χ3v) is 5.94. The van der Waals surface area contributed by atoms with Crippen molar-refractivity contribution in [3.05, 3.63) is 70.2 Å². The van der Waals surface area contributed by atoms with E-state index in [1.807, 2.05) is 0 Å². The van der Waals surface area contributed by atoms with Gasteiger partial charge in [0.2, 0.25) is 0 Å². The maximum absolute atomic E-state index is 12.1. The largest absolute Gasteiger partial charge is 0.616 e. The van der Waals surface area contributed by atoms with Crippen molar-refractivity contribution in [1.82, 2.24) is 20.6 Å². The molecule has 0 aliphatic rings. The van der Waals surface area contributed by atoms with Gasteiger partial charge >= 0.3 is 0 Å². The van der Waals surface area contributed by atoms with Crippen LogP contribution in [0.4, 0.5) is 0 Å². The number of rotatable bonds is 13. The van der Waals surface area contributed by atoms with E-state index in [4.69, 9.17) is 0 Å². The van der Waals surface area contributed by atoms with Crippen LogP contribution in [0.25, 0.3) is 0 Å². The molecule has 0 amide bonds. The summed E-state index contributed by atoms with van der Waals surface area (Å²) in [5, 5.41) is 36.0. The lowest BCUT2D eigenvalue weighted by Gasteiger charge is -2.14. The van der Waals surface area contributed by atoms with Crippen LogP contribution in [0.15, 0.2) is 48.7 Å². The van der Waals surface area contributed by atoms with Gasteiger partial charge in [-0.25, -0.2) is 0 Å². The first-order chi connectivity index (χ1) is 14.5. The number of hydrogen-bond donors (Lipinski definition) is 4. The molecule has 2 aromatic heterocycles. The summed E-state index contributed by atoms with van der Waals surface area (Å²) in [6.45, 7) is 0.706. The van der Waals surface area contributed by atoms with Crippen LogP contribution in [-0.4, -0.2) is 54.3 Å². The Morgan fingerprint density at radius 3 is 2.40 bits per heavy atom. The van der Waals surface area contributed by atoms with Crippen molar-refractivity contribution in [2.45, 2.75) is 11.5 Å². The molecule has 2 aromatic rings. The average molecular weight is 454 g/mol. The molecule has 2 heterocycles. The van der Waals surface area contributed by atoms with Gasteiger partial charge in [0, 0.05) is 30.4 Å². The number of nitrogens with one attached hydrogen (secondary N) is 2. The van der Waals surface area contributed by atoms with E-state index in [0.29, 0.717) is 29.4 Å². The number of nitrogens with zero attached hydrogens (tertiary/aromatic N) is 3. The number of nitro groups is 1. The van der Waals surface area contributed by atoms with Gasteiger partial charge in [0.05, 0.1) is 17.2 Å². The lowest BCUT2D eigenvalue weighted by Crippen LogP contribution is -2.32. The molecule has 162 valence electrons. The van der Waals surface area contributed by atoms with Crippen LogP contribution in [0.5, 0.6) is 11.5 Å². The second kappa shape index (κ2) is 12.8. The predicted molar refractivity (Wildman–Crippen MR) is 116 cm³/mol. The highest BCUT2D eigenvalue weighted by molar-refractivity contribution is 7.98. The summed E-state index contributed by atoms with van der Waals surface area (Å²) in [5.41, 5.74) is 0.939. The Balaban J connectivity index is 1.70. The number of pyridine rings is 2. The van der Waals surface area contributed by atoms with Crippen molar-refractivity contribution in [2.75, 3.05) is 24.6 Å². The van der Waals surface area contributed by atoms with E-state index in [2.05, 4.69) is 20.6 Å². The van der Waals surface area contributed by atoms with Crippen LogP contribution >= 0.6 is 11.8 Å². The molecule has 2 rings (SSSR count). The van der Waals surface area contributed by atoms with Crippen LogP contribution in [0.1, 0.15) is 11.4 Å². The van der Waals surface area contributed by atoms with E-state index in [1.54, 1.807) is 24.4 Å². The molecule has 0 aromatic carbocycles. The van der Waals surface area contributed by atoms with Crippen molar-refractivity contribution in [3.8, 4) is 11.5 Å². The highest BCUT2D eigenvalue weighted by atomic mass is 32.2. The van der Waals surface area contributed by atoms with Crippen molar-refractivity contribution in [1.29, 1.82) is 0 Å². The van der Waals surface area contributed by atoms with Crippen molar-refractivity contribution in [2.24, 2.45) is 0 Å². The van der Waals surface area contributed by atoms with E-state index >= 15 is 0 Å². The van der Waals surface area contributed by atoms with Gasteiger partial charge in [-0.05, 0) is 35.4 Å². The van der Waals surface area contributed by atoms with E-state index in [1.165, 1.54) is 24.0 Å². The van der Waals surface area contributed by atoms with E-state index < -0.39 is 16.1 Å². The monoisotopic (exact) mass is 453 g/mol. The number of hydrogen-bond acceptors (Lipinski definition) is 10. The first kappa shape index (κ1) is 23.6. The van der Waals surface area contributed by atoms with E-state index in [0.717, 1.165) is 6.20 Å². The Morgan fingerprint density at radius 1 is 1.13 bits per heavy atom. The SMILES string of the molecule is O=[N+]([O-])C=C(NCCSCc1ncccc1O)NCC[S+]([O-])Cc1ncccc1O. The van der Waals surface area contributed by atoms with Crippen molar-refractivity contribution in [3.63, 3.8) is 0 Å². The molecule has 0 saturated heterocycles. The highest BCUT2D eigenvalue weighted by Gasteiger charge is 2.13. The normalized spacial score (nSPS) is 12.4. The Bertz CT molecular complexity index is 855. The lowest BCUT2D eigenvalue weighted by molar-refractivity contribution is -0.404. The molecule has 0 aliphatic carbocycles. The molecule has 1 unspecified atom stereocenters. The quantitative estimate of drug-likeness (QED) is 0.151. The fourth-order valence-electron chi connectivity index (χ4n) is 2.29. The summed E-state index contributed by atoms with van der Waals surface area (Å²) in [6, 6.07) is 6.29. The molecule has 0 fully saturated rings. The van der Waals surface area contributed by atoms with E-state index in [-0.39, 0.29) is 35.4 Å². The second-order valence-electron chi connectivity index (χ2n) is 5.96. The molecule has 0 spiro atoms. The van der Waals surface area contributed by atoms with Crippen LogP contribution in [-0.2, 0) is 22.7 Å². The Kier molecular flexibility index (Phi) is 10.0. The second-order valence-corrected chi connectivity index (χ2v) is 8.64. The van der Waals surface area contributed by atoms with Gasteiger partial charge in [0.1, 0.15) is 22.9 Å². The predicted octanol–water partition coefficient (Wildman–Crippen LogP) is 1.32. The molecule has 30 heavy (non-hydrogen) atoms. The standard InChI is InChI=1S/C18H23N5O5S2/c24-16-3-1-5-19-14(16)12-29-9-7-21-18(11-23(26)27)22-8-10-30(28)13-15-17(25)4-2-6-20-15/h1-6,11,21-22,24-25H,7-10,12-13H2. The maximum atomic E-state index is 12.1. The van der Waals surface area contributed by atoms with Crippen molar-refractivity contribution < 1.29 is 19.7 Å². The summed E-state index contributed by atoms with van der Waals surface area (Å²) in [5.74, 6) is 1.85. The maximum Gasteiger partial charge on any atom is 0.274 e. The zero-order valence-electron chi connectivity index (χ0n) is 16.1. The zero-order valence-corrected chi connectivity index (χ0v) is 17.7. The minimum atomic E-state index is -1.29. The fraction of sp³-hybridized carbons (Fsp3) is 0.333. The van der Waals surface area contributed by atoms with Gasteiger partial charge in [0.25, 0.3) is 6.20 Å². The minimum absolute atomic E-state index is 0.00839. The van der Waals surface area contributed by atoms with Crippen LogP contribution in [0, 0.1) is 10.1 Å². The third kappa shape index (κ3) is 8.76. The molecule has 12 heteroatoms. The number of thioether (sulfide) groups is 1. The molecule has 0 aliphatic heterocycles. The topological polar surface area (TPSA) is 156 Å². The fourth-order valence-corrected chi connectivity index (χ4v) is 4.10. The van der Waals surface area contributed by atoms with Gasteiger partial charge in [-0.15, -0.1) is 0 Å². The molecule has 0 saturated carbocycles. The van der Waals surface area contributed by atoms with Gasteiger partial charge in [0.15, 0.2) is 11.6 Å². The third-order valence-electron chi connectivity index (χ3n) is 3.71. The Hall–Kier alpha value is -2.70. The highest BCUT2D eigenvalue weighted by Crippen LogP contribution is 2.18. The van der Waals surface area contributed by atoms with Crippen LogP contribution in [0.3, 0.4) is 0 Å². The van der Waals surface area contributed by atoms with Gasteiger partial charge in [-0.3, -0.25) is 20.1 Å². The first-order valence-corrected chi connectivity index (χ1v) is 11.6. The number of aromatic hydroxyl groups is 2. The van der Waals surface area contributed by atoms with E-state index in [9.17, 15) is 24.9 Å². The molecule has 0 bridgehead atoms. The van der Waals surface area contributed by atoms with Crippen molar-refractivity contribution >= 4 is 22.9 Å². The Morgan fingerprint density at radius 2 is 1.77 bits per heavy atom. The summed E-state index contributed by atoms with van der Waals surface area (Å²) >= 11 is 0.236. The molecule has 4 N–H and O–H groups in total. The molecule has 1 atom stereocenters. The summed E-state index contributed by atoms with van der Waals surface area (Å²) in [4.78, 5) is 18.3. The average Bonchev–Trinajstić information content (AvgIpc) is 2.70. The smallest absolute Gasteiger partial charge is 0.274 e. The zero-order chi connectivity index (χ0) is 21.8. The summed E-state index contributed by atoms with van der Waals surface area (Å²) in [7, 11) is 0. The molecule has 10 nitrogen and oxygen atoms in total. The van der Waals surface area contributed by atoms with Gasteiger partial charge in [-0.1, -0.05) is 0 Å². The minimum Gasteiger partial charge on any atom is -0.616 e. The van der Waals surface area contributed by atoms with Crippen LogP contribution < -0.4 is 10.6 Å². The van der Waals surface area contributed by atoms with Gasteiger partial charge < -0.3 is 25.4 Å². The summed E-state index contributed by atoms with van der Waals surface area (Å²) in [6.07, 6.45) is 3.94. The first-order valence-electron chi connectivity index (χ1n) is 8.97. The van der Waals surface area contributed by atoms with Gasteiger partial charge in [-0.2, -0.15) is 11.8 Å². The number of aromatic nitrogens is 2. The Labute approximate surface area is 181 Å². The van der Waals surface area contributed by atoms with Crippen LogP contribution in [0.2, 0.25) is 0 Å². The molecule has 0 radical (unpaired) electrons. The summed E-state index contributed by atoms with van der Waals surface area (Å²) < 4.78 is 12.1. The molecular weight excluding hydrogens is 430 g/mol.